The molecular weight excluding hydrogens is 268 g/mol. The molecule has 0 aliphatic carbocycles. The summed E-state index contributed by atoms with van der Waals surface area (Å²) in [5, 5.41) is 14.4. The number of nitro groups is 1. The lowest BCUT2D eigenvalue weighted by Crippen LogP contribution is -2.16. The van der Waals surface area contributed by atoms with Crippen molar-refractivity contribution in [2.75, 3.05) is 11.9 Å². The van der Waals surface area contributed by atoms with Gasteiger partial charge >= 0.3 is 0 Å². The lowest BCUT2D eigenvalue weighted by Gasteiger charge is -2.15. The van der Waals surface area contributed by atoms with Crippen molar-refractivity contribution < 1.29 is 9.66 Å². The molecule has 0 aromatic heterocycles. The Kier molecular flexibility index (Phi) is 7.58. The highest BCUT2D eigenvalue weighted by Crippen LogP contribution is 2.30. The van der Waals surface area contributed by atoms with Gasteiger partial charge in [0.25, 0.3) is 5.69 Å². The van der Waals surface area contributed by atoms with Crippen molar-refractivity contribution in [1.29, 1.82) is 0 Å². The van der Waals surface area contributed by atoms with Crippen LogP contribution in [-0.4, -0.2) is 17.6 Å². The number of unbranched alkanes of at least 4 members (excludes halogenated alkanes) is 3. The number of ether oxygens (including phenoxy) is 1. The van der Waals surface area contributed by atoms with E-state index in [1.165, 1.54) is 25.3 Å². The highest BCUT2D eigenvalue weighted by molar-refractivity contribution is 5.64. The second-order valence-electron chi connectivity index (χ2n) is 5.26. The lowest BCUT2D eigenvalue weighted by molar-refractivity contribution is -0.384. The molecule has 1 N–H and O–H groups in total. The van der Waals surface area contributed by atoms with E-state index in [-0.39, 0.29) is 16.7 Å². The standard InChI is InChI=1S/C16H26N2O3/c1-4-6-7-8-9-13(3)17-15-11-10-14(21-5-2)12-16(15)18(19)20/h10-13,17H,4-9H2,1-3H3. The third-order valence-electron chi connectivity index (χ3n) is 3.37. The van der Waals surface area contributed by atoms with Crippen LogP contribution in [0.4, 0.5) is 11.4 Å². The molecule has 118 valence electrons. The topological polar surface area (TPSA) is 64.4 Å². The molecule has 0 aliphatic rings. The molecule has 0 heterocycles. The van der Waals surface area contributed by atoms with Gasteiger partial charge in [-0.15, -0.1) is 0 Å². The maximum atomic E-state index is 11.2. The molecule has 1 aromatic carbocycles. The number of rotatable bonds is 10. The number of hydrogen-bond donors (Lipinski definition) is 1. The van der Waals surface area contributed by atoms with Crippen molar-refractivity contribution in [3.8, 4) is 5.75 Å². The van der Waals surface area contributed by atoms with Gasteiger partial charge in [0.2, 0.25) is 0 Å². The van der Waals surface area contributed by atoms with Gasteiger partial charge in [0.05, 0.1) is 17.6 Å². The molecule has 5 heteroatoms. The van der Waals surface area contributed by atoms with Gasteiger partial charge in [-0.1, -0.05) is 32.6 Å². The molecule has 1 atom stereocenters. The molecule has 0 saturated heterocycles. The molecule has 21 heavy (non-hydrogen) atoms. The van der Waals surface area contributed by atoms with E-state index < -0.39 is 0 Å². The largest absolute Gasteiger partial charge is 0.494 e. The van der Waals surface area contributed by atoms with Crippen LogP contribution < -0.4 is 10.1 Å². The quantitative estimate of drug-likeness (QED) is 0.384. The van der Waals surface area contributed by atoms with E-state index in [0.717, 1.165) is 12.8 Å². The molecule has 1 rings (SSSR count). The summed E-state index contributed by atoms with van der Waals surface area (Å²) in [5.74, 6) is 0.533. The SMILES string of the molecule is CCCCCCC(C)Nc1ccc(OCC)cc1[N+](=O)[O-]. The van der Waals surface area contributed by atoms with Crippen LogP contribution in [0.3, 0.4) is 0 Å². The van der Waals surface area contributed by atoms with Crippen molar-refractivity contribution in [2.45, 2.75) is 58.9 Å². The van der Waals surface area contributed by atoms with Crippen molar-refractivity contribution >= 4 is 11.4 Å². The second-order valence-corrected chi connectivity index (χ2v) is 5.26. The Hall–Kier alpha value is -1.78. The average Bonchev–Trinajstić information content (AvgIpc) is 2.45. The number of anilines is 1. The zero-order valence-electron chi connectivity index (χ0n) is 13.2. The average molecular weight is 294 g/mol. The van der Waals surface area contributed by atoms with Gasteiger partial charge in [-0.3, -0.25) is 10.1 Å². The molecule has 1 unspecified atom stereocenters. The van der Waals surface area contributed by atoms with Crippen LogP contribution in [0, 0.1) is 10.1 Å². The fourth-order valence-corrected chi connectivity index (χ4v) is 2.26. The first kappa shape index (κ1) is 17.3. The smallest absolute Gasteiger partial charge is 0.296 e. The van der Waals surface area contributed by atoms with Crippen molar-refractivity contribution in [2.24, 2.45) is 0 Å². The fraction of sp³-hybridized carbons (Fsp3) is 0.625. The minimum Gasteiger partial charge on any atom is -0.494 e. The summed E-state index contributed by atoms with van der Waals surface area (Å²) in [6.45, 7) is 6.60. The van der Waals surface area contributed by atoms with Gasteiger partial charge in [-0.05, 0) is 32.4 Å². The van der Waals surface area contributed by atoms with Gasteiger partial charge < -0.3 is 10.1 Å². The summed E-state index contributed by atoms with van der Waals surface area (Å²) >= 11 is 0. The highest BCUT2D eigenvalue weighted by atomic mass is 16.6. The van der Waals surface area contributed by atoms with E-state index in [0.29, 0.717) is 18.0 Å². The van der Waals surface area contributed by atoms with E-state index in [2.05, 4.69) is 19.2 Å². The molecular formula is C16H26N2O3. The molecule has 0 spiro atoms. The normalized spacial score (nSPS) is 12.0. The predicted molar refractivity (Wildman–Crippen MR) is 86.1 cm³/mol. The summed E-state index contributed by atoms with van der Waals surface area (Å²) in [7, 11) is 0. The Bertz CT molecular complexity index is 449. The van der Waals surface area contributed by atoms with E-state index in [1.807, 2.05) is 6.92 Å². The van der Waals surface area contributed by atoms with Gasteiger partial charge in [0.15, 0.2) is 0 Å². The molecule has 0 radical (unpaired) electrons. The third kappa shape index (κ3) is 6.02. The van der Waals surface area contributed by atoms with Crippen molar-refractivity contribution in [1.82, 2.24) is 0 Å². The summed E-state index contributed by atoms with van der Waals surface area (Å²) in [4.78, 5) is 10.8. The fourth-order valence-electron chi connectivity index (χ4n) is 2.26. The van der Waals surface area contributed by atoms with Crippen LogP contribution in [-0.2, 0) is 0 Å². The van der Waals surface area contributed by atoms with Gasteiger partial charge in [-0.25, -0.2) is 0 Å². The molecule has 0 aliphatic heterocycles. The van der Waals surface area contributed by atoms with E-state index in [4.69, 9.17) is 4.74 Å². The molecule has 5 nitrogen and oxygen atoms in total. The maximum absolute atomic E-state index is 11.2. The predicted octanol–water partition coefficient (Wildman–Crippen LogP) is 4.76. The summed E-state index contributed by atoms with van der Waals surface area (Å²) in [5.41, 5.74) is 0.632. The van der Waals surface area contributed by atoms with Crippen LogP contribution >= 0.6 is 0 Å². The first-order valence-corrected chi connectivity index (χ1v) is 7.76. The molecule has 0 amide bonds. The number of hydrogen-bond acceptors (Lipinski definition) is 4. The zero-order chi connectivity index (χ0) is 15.7. The number of benzene rings is 1. The van der Waals surface area contributed by atoms with Crippen LogP contribution in [0.15, 0.2) is 18.2 Å². The van der Waals surface area contributed by atoms with Crippen LogP contribution in [0.25, 0.3) is 0 Å². The Labute approximate surface area is 126 Å². The second kappa shape index (κ2) is 9.21. The molecule has 0 fully saturated rings. The van der Waals surface area contributed by atoms with Crippen LogP contribution in [0.1, 0.15) is 52.9 Å². The first-order chi connectivity index (χ1) is 10.1. The first-order valence-electron chi connectivity index (χ1n) is 7.76. The highest BCUT2D eigenvalue weighted by Gasteiger charge is 2.16. The Balaban J connectivity index is 2.66. The molecule has 1 aromatic rings. The number of nitrogens with zero attached hydrogens (tertiary/aromatic N) is 1. The van der Waals surface area contributed by atoms with Crippen LogP contribution in [0.5, 0.6) is 5.75 Å². The maximum Gasteiger partial charge on any atom is 0.296 e. The lowest BCUT2D eigenvalue weighted by atomic mass is 10.1. The van der Waals surface area contributed by atoms with E-state index in [1.54, 1.807) is 12.1 Å². The zero-order valence-corrected chi connectivity index (χ0v) is 13.2. The third-order valence-corrected chi connectivity index (χ3v) is 3.37. The van der Waals surface area contributed by atoms with Gasteiger partial charge in [0.1, 0.15) is 11.4 Å². The Morgan fingerprint density at radius 1 is 1.29 bits per heavy atom. The van der Waals surface area contributed by atoms with E-state index in [9.17, 15) is 10.1 Å². The minimum atomic E-state index is -0.366. The van der Waals surface area contributed by atoms with Crippen molar-refractivity contribution in [3.05, 3.63) is 28.3 Å². The van der Waals surface area contributed by atoms with Gasteiger partial charge in [-0.2, -0.15) is 0 Å². The number of nitrogens with one attached hydrogen (secondary N) is 1. The summed E-state index contributed by atoms with van der Waals surface area (Å²) in [6.07, 6.45) is 5.84. The molecule has 0 bridgehead atoms. The van der Waals surface area contributed by atoms with Crippen LogP contribution in [0.2, 0.25) is 0 Å². The Morgan fingerprint density at radius 3 is 2.67 bits per heavy atom. The minimum absolute atomic E-state index is 0.0707. The molecule has 0 saturated carbocycles. The Morgan fingerprint density at radius 2 is 2.05 bits per heavy atom. The summed E-state index contributed by atoms with van der Waals surface area (Å²) in [6, 6.07) is 5.20. The van der Waals surface area contributed by atoms with Gasteiger partial charge in [0, 0.05) is 6.04 Å². The number of nitro benzene ring substituents is 1. The monoisotopic (exact) mass is 294 g/mol. The van der Waals surface area contributed by atoms with Crippen molar-refractivity contribution in [3.63, 3.8) is 0 Å². The summed E-state index contributed by atoms with van der Waals surface area (Å²) < 4.78 is 5.32. The van der Waals surface area contributed by atoms with E-state index >= 15 is 0 Å².